The number of rotatable bonds is 13. The summed E-state index contributed by atoms with van der Waals surface area (Å²) in [6.45, 7) is 9.93. The second-order valence-corrected chi connectivity index (χ2v) is 17.5. The Kier molecular flexibility index (Phi) is 15.1. The van der Waals surface area contributed by atoms with Crippen LogP contribution in [0.1, 0.15) is 105 Å². The van der Waals surface area contributed by atoms with E-state index in [-0.39, 0.29) is 23.7 Å². The fourth-order valence-corrected chi connectivity index (χ4v) is 9.43. The van der Waals surface area contributed by atoms with Crippen LogP contribution in [0, 0.1) is 23.7 Å². The number of benzene rings is 2. The number of amides is 2. The molecule has 2 amide bonds. The Hall–Kier alpha value is -0.760. The van der Waals surface area contributed by atoms with Gasteiger partial charge in [0.15, 0.2) is 0 Å². The second-order valence-electron chi connectivity index (χ2n) is 13.6. The first-order valence-corrected chi connectivity index (χ1v) is 20.6. The van der Waals surface area contributed by atoms with Crippen LogP contribution >= 0.6 is 68.0 Å². The third-order valence-corrected chi connectivity index (χ3v) is 13.0. The molecule has 254 valence electrons. The molecule has 2 aliphatic rings. The van der Waals surface area contributed by atoms with Gasteiger partial charge in [-0.2, -0.15) is 0 Å². The zero-order valence-electron chi connectivity index (χ0n) is 27.6. The van der Waals surface area contributed by atoms with Crippen molar-refractivity contribution in [3.8, 4) is 0 Å². The Morgan fingerprint density at radius 1 is 0.609 bits per heavy atom. The van der Waals surface area contributed by atoms with Gasteiger partial charge in [0.2, 0.25) is 11.8 Å². The van der Waals surface area contributed by atoms with Crippen LogP contribution < -0.4 is 9.80 Å². The summed E-state index contributed by atoms with van der Waals surface area (Å²) in [6, 6.07) is 7.39. The normalized spacial score (nSPS) is 16.3. The van der Waals surface area contributed by atoms with E-state index in [1.54, 1.807) is 0 Å². The Morgan fingerprint density at radius 2 is 0.935 bits per heavy atom. The van der Waals surface area contributed by atoms with Crippen molar-refractivity contribution in [1.82, 2.24) is 0 Å². The molecule has 0 radical (unpaired) electrons. The molecule has 10 heteroatoms. The highest BCUT2D eigenvalue weighted by Gasteiger charge is 2.31. The van der Waals surface area contributed by atoms with Gasteiger partial charge in [0, 0.05) is 34.7 Å². The molecule has 4 rings (SSSR count). The van der Waals surface area contributed by atoms with E-state index in [1.165, 1.54) is 34.4 Å². The van der Waals surface area contributed by atoms with E-state index in [1.807, 2.05) is 34.1 Å². The third kappa shape index (κ3) is 10.4. The lowest BCUT2D eigenvalue weighted by atomic mass is 9.88. The summed E-state index contributed by atoms with van der Waals surface area (Å²) in [4.78, 5) is 33.7. The minimum absolute atomic E-state index is 0.0165. The third-order valence-electron chi connectivity index (χ3n) is 9.11. The SMILES string of the molecule is CC(C)CCN(C(=O)C1CCCCC1)c1cc(Cl)c(Cl)cc1SSc1cc(Cl)c(Cl)cc1N(CCC(C)C)C(=O)C1CCCCC1. The molecule has 2 saturated carbocycles. The number of anilines is 2. The summed E-state index contributed by atoms with van der Waals surface area (Å²) in [5.74, 6) is 1.24. The molecule has 0 unspecified atom stereocenters. The highest BCUT2D eigenvalue weighted by Crippen LogP contribution is 2.49. The van der Waals surface area contributed by atoms with Gasteiger partial charge in [-0.25, -0.2) is 0 Å². The maximum Gasteiger partial charge on any atom is 0.230 e. The molecule has 0 bridgehead atoms. The predicted molar refractivity (Wildman–Crippen MR) is 201 cm³/mol. The lowest BCUT2D eigenvalue weighted by Gasteiger charge is -2.32. The van der Waals surface area contributed by atoms with Gasteiger partial charge in [-0.15, -0.1) is 0 Å². The van der Waals surface area contributed by atoms with Gasteiger partial charge >= 0.3 is 0 Å². The molecular weight excluding hydrogens is 698 g/mol. The monoisotopic (exact) mass is 744 g/mol. The van der Waals surface area contributed by atoms with Gasteiger partial charge < -0.3 is 9.80 Å². The summed E-state index contributed by atoms with van der Waals surface area (Å²) in [6.07, 6.45) is 12.1. The molecule has 46 heavy (non-hydrogen) atoms. The molecule has 2 aromatic rings. The van der Waals surface area contributed by atoms with Crippen LogP contribution in [0.3, 0.4) is 0 Å². The number of carbonyl (C=O) groups is 2. The molecule has 2 aliphatic carbocycles. The first-order chi connectivity index (χ1) is 22.0. The van der Waals surface area contributed by atoms with Gasteiger partial charge in [-0.1, -0.05) is 134 Å². The maximum atomic E-state index is 14.1. The van der Waals surface area contributed by atoms with Gasteiger partial charge in [-0.3, -0.25) is 9.59 Å². The molecule has 0 N–H and O–H groups in total. The smallest absolute Gasteiger partial charge is 0.230 e. The largest absolute Gasteiger partial charge is 0.311 e. The van der Waals surface area contributed by atoms with Crippen molar-refractivity contribution < 1.29 is 9.59 Å². The molecule has 0 aliphatic heterocycles. The number of carbonyl (C=O) groups excluding carboxylic acids is 2. The van der Waals surface area contributed by atoms with E-state index in [2.05, 4.69) is 27.7 Å². The van der Waals surface area contributed by atoms with Gasteiger partial charge in [-0.05, 0) is 74.6 Å². The van der Waals surface area contributed by atoms with Crippen LogP contribution in [-0.2, 0) is 9.59 Å². The molecule has 0 atom stereocenters. The fraction of sp³-hybridized carbons (Fsp3) is 0.611. The van der Waals surface area contributed by atoms with Crippen LogP contribution in [0.5, 0.6) is 0 Å². The lowest BCUT2D eigenvalue weighted by Crippen LogP contribution is -2.38. The van der Waals surface area contributed by atoms with Gasteiger partial charge in [0.05, 0.1) is 31.5 Å². The summed E-state index contributed by atoms with van der Waals surface area (Å²) in [5, 5.41) is 1.71. The fourth-order valence-electron chi connectivity index (χ4n) is 6.29. The van der Waals surface area contributed by atoms with Crippen molar-refractivity contribution in [3.05, 3.63) is 44.4 Å². The Balaban J connectivity index is 1.71. The van der Waals surface area contributed by atoms with Crippen LogP contribution in [0.2, 0.25) is 20.1 Å². The van der Waals surface area contributed by atoms with Crippen molar-refractivity contribution in [1.29, 1.82) is 0 Å². The minimum Gasteiger partial charge on any atom is -0.311 e. The zero-order valence-corrected chi connectivity index (χ0v) is 32.2. The Labute approximate surface area is 304 Å². The molecule has 0 heterocycles. The summed E-state index contributed by atoms with van der Waals surface area (Å²) in [5.41, 5.74) is 1.55. The van der Waals surface area contributed by atoms with Crippen LogP contribution in [0.4, 0.5) is 11.4 Å². The van der Waals surface area contributed by atoms with E-state index in [9.17, 15) is 9.59 Å². The summed E-state index contributed by atoms with van der Waals surface area (Å²) in [7, 11) is 3.01. The first kappa shape index (κ1) is 38.0. The lowest BCUT2D eigenvalue weighted by molar-refractivity contribution is -0.124. The predicted octanol–water partition coefficient (Wildman–Crippen LogP) is 13.0. The number of hydrogen-bond acceptors (Lipinski definition) is 4. The van der Waals surface area contributed by atoms with Gasteiger partial charge in [0.25, 0.3) is 0 Å². The van der Waals surface area contributed by atoms with Crippen molar-refractivity contribution >= 4 is 91.2 Å². The number of hydrogen-bond donors (Lipinski definition) is 0. The van der Waals surface area contributed by atoms with Crippen LogP contribution in [0.25, 0.3) is 0 Å². The Morgan fingerprint density at radius 3 is 1.26 bits per heavy atom. The van der Waals surface area contributed by atoms with Crippen molar-refractivity contribution in [2.75, 3.05) is 22.9 Å². The molecule has 0 saturated heterocycles. The maximum absolute atomic E-state index is 14.1. The average Bonchev–Trinajstić information content (AvgIpc) is 3.04. The Bertz CT molecular complexity index is 1240. The molecular formula is C36H48Cl4N2O2S2. The quantitative estimate of drug-likeness (QED) is 0.191. The van der Waals surface area contributed by atoms with Crippen molar-refractivity contribution in [2.24, 2.45) is 23.7 Å². The highest BCUT2D eigenvalue weighted by molar-refractivity contribution is 8.76. The van der Waals surface area contributed by atoms with Crippen molar-refractivity contribution in [3.63, 3.8) is 0 Å². The molecule has 4 nitrogen and oxygen atoms in total. The minimum atomic E-state index is 0.0165. The van der Waals surface area contributed by atoms with Crippen molar-refractivity contribution in [2.45, 2.75) is 115 Å². The van der Waals surface area contributed by atoms with E-state index >= 15 is 0 Å². The zero-order chi connectivity index (χ0) is 33.4. The van der Waals surface area contributed by atoms with E-state index in [0.717, 1.165) is 85.4 Å². The number of nitrogens with zero attached hydrogens (tertiary/aromatic N) is 2. The van der Waals surface area contributed by atoms with E-state index < -0.39 is 0 Å². The van der Waals surface area contributed by atoms with E-state index in [0.29, 0.717) is 45.0 Å². The topological polar surface area (TPSA) is 40.6 Å². The first-order valence-electron chi connectivity index (χ1n) is 16.9. The standard InChI is InChI=1S/C36H48Cl4N2O2S2/c1-23(2)15-17-41(35(43)25-11-7-5-8-12-25)31-19-27(37)29(39)21-33(31)45-46-34-22-30(40)28(38)20-32(34)42(18-16-24(3)4)36(44)26-13-9-6-10-14-26/h19-26H,5-18H2,1-4H3. The summed E-state index contributed by atoms with van der Waals surface area (Å²) < 4.78 is 0. The van der Waals surface area contributed by atoms with E-state index in [4.69, 9.17) is 46.4 Å². The molecule has 0 aromatic heterocycles. The van der Waals surface area contributed by atoms with Crippen LogP contribution in [-0.4, -0.2) is 24.9 Å². The highest BCUT2D eigenvalue weighted by atomic mass is 35.5. The van der Waals surface area contributed by atoms with Crippen LogP contribution in [0.15, 0.2) is 34.1 Å². The molecule has 2 aromatic carbocycles. The molecule has 0 spiro atoms. The molecule has 2 fully saturated rings. The number of halogens is 4. The summed E-state index contributed by atoms with van der Waals surface area (Å²) >= 11 is 26.4. The average molecular weight is 747 g/mol. The second kappa shape index (κ2) is 18.3. The van der Waals surface area contributed by atoms with Gasteiger partial charge in [0.1, 0.15) is 0 Å².